The Balaban J connectivity index is 2.09. The van der Waals surface area contributed by atoms with Crippen molar-refractivity contribution in [3.05, 3.63) is 67.9 Å². The van der Waals surface area contributed by atoms with Crippen LogP contribution in [0.5, 0.6) is 0 Å². The summed E-state index contributed by atoms with van der Waals surface area (Å²) < 4.78 is 16.6. The normalized spacial score (nSPS) is 11.0. The van der Waals surface area contributed by atoms with Gasteiger partial charge >= 0.3 is 5.69 Å². The van der Waals surface area contributed by atoms with Crippen LogP contribution in [0.15, 0.2) is 45.3 Å². The Morgan fingerprint density at radius 3 is 2.69 bits per heavy atom. The van der Waals surface area contributed by atoms with E-state index in [1.807, 2.05) is 6.92 Å². The summed E-state index contributed by atoms with van der Waals surface area (Å²) >= 11 is 1.19. The number of thiophene rings is 1. The number of fused-ring (bicyclic) bond motifs is 1. The van der Waals surface area contributed by atoms with Gasteiger partial charge in [0.15, 0.2) is 0 Å². The minimum Gasteiger partial charge on any atom is -0.355 e. The molecule has 0 atom stereocenters. The molecule has 8 heteroatoms. The van der Waals surface area contributed by atoms with E-state index in [-0.39, 0.29) is 24.6 Å². The molecule has 0 saturated carbocycles. The van der Waals surface area contributed by atoms with E-state index in [2.05, 4.69) is 5.32 Å². The number of carbonyl (C=O) groups is 1. The number of amides is 1. The third-order valence-corrected chi connectivity index (χ3v) is 4.89. The first-order valence-corrected chi connectivity index (χ1v) is 9.11. The standard InChI is InChI=1S/C18H18FN3O3S/c1-2-8-20-15(23)11-21-14-7-9-26-16(14)17(24)22(18(21)25)10-12-5-3-4-6-13(12)19/h3-7,9H,2,8,10-11H2,1H3,(H,20,23). The monoisotopic (exact) mass is 375 g/mol. The third-order valence-electron chi connectivity index (χ3n) is 4.00. The van der Waals surface area contributed by atoms with Crippen molar-refractivity contribution in [3.8, 4) is 0 Å². The Hall–Kier alpha value is -2.74. The molecular weight excluding hydrogens is 357 g/mol. The molecular formula is C18H18FN3O3S. The second-order valence-electron chi connectivity index (χ2n) is 5.84. The lowest BCUT2D eigenvalue weighted by Gasteiger charge is -2.12. The number of hydrogen-bond donors (Lipinski definition) is 1. The summed E-state index contributed by atoms with van der Waals surface area (Å²) in [6.07, 6.45) is 0.779. The van der Waals surface area contributed by atoms with Crippen LogP contribution in [-0.4, -0.2) is 21.6 Å². The second kappa shape index (κ2) is 7.65. The Morgan fingerprint density at radius 1 is 1.19 bits per heavy atom. The molecule has 0 fully saturated rings. The SMILES string of the molecule is CCCNC(=O)Cn1c(=O)n(Cc2ccccc2F)c(=O)c2sccc21. The first-order valence-electron chi connectivity index (χ1n) is 8.24. The predicted octanol–water partition coefficient (Wildman–Crippen LogP) is 1.94. The number of aromatic nitrogens is 2. The van der Waals surface area contributed by atoms with Gasteiger partial charge in [0.1, 0.15) is 17.1 Å². The highest BCUT2D eigenvalue weighted by Gasteiger charge is 2.17. The summed E-state index contributed by atoms with van der Waals surface area (Å²) in [4.78, 5) is 37.6. The van der Waals surface area contributed by atoms with Crippen molar-refractivity contribution in [1.29, 1.82) is 0 Å². The molecule has 136 valence electrons. The van der Waals surface area contributed by atoms with Crippen molar-refractivity contribution in [2.24, 2.45) is 0 Å². The highest BCUT2D eigenvalue weighted by atomic mass is 32.1. The Kier molecular flexibility index (Phi) is 5.32. The molecule has 1 N–H and O–H groups in total. The van der Waals surface area contributed by atoms with E-state index >= 15 is 0 Å². The van der Waals surface area contributed by atoms with Crippen LogP contribution in [0.3, 0.4) is 0 Å². The van der Waals surface area contributed by atoms with E-state index in [9.17, 15) is 18.8 Å². The zero-order valence-corrected chi connectivity index (χ0v) is 15.0. The van der Waals surface area contributed by atoms with Crippen molar-refractivity contribution in [2.75, 3.05) is 6.54 Å². The maximum atomic E-state index is 14.0. The van der Waals surface area contributed by atoms with Gasteiger partial charge in [-0.3, -0.25) is 18.7 Å². The number of benzene rings is 1. The molecule has 26 heavy (non-hydrogen) atoms. The van der Waals surface area contributed by atoms with E-state index in [0.29, 0.717) is 16.8 Å². The quantitative estimate of drug-likeness (QED) is 0.716. The van der Waals surface area contributed by atoms with Gasteiger partial charge < -0.3 is 5.32 Å². The number of carbonyl (C=O) groups excluding carboxylic acids is 1. The van der Waals surface area contributed by atoms with E-state index in [4.69, 9.17) is 0 Å². The topological polar surface area (TPSA) is 73.1 Å². The van der Waals surface area contributed by atoms with E-state index < -0.39 is 17.1 Å². The van der Waals surface area contributed by atoms with Gasteiger partial charge in [-0.2, -0.15) is 0 Å². The molecule has 1 amide bonds. The molecule has 0 bridgehead atoms. The van der Waals surface area contributed by atoms with Crippen LogP contribution >= 0.6 is 11.3 Å². The fourth-order valence-corrected chi connectivity index (χ4v) is 3.53. The van der Waals surface area contributed by atoms with Crippen LogP contribution in [0, 0.1) is 5.82 Å². The van der Waals surface area contributed by atoms with Crippen LogP contribution in [0.25, 0.3) is 10.2 Å². The lowest BCUT2D eigenvalue weighted by atomic mass is 10.2. The first kappa shape index (κ1) is 18.1. The second-order valence-corrected chi connectivity index (χ2v) is 6.75. The summed E-state index contributed by atoms with van der Waals surface area (Å²) in [6, 6.07) is 7.63. The molecule has 0 radical (unpaired) electrons. The fraction of sp³-hybridized carbons (Fsp3) is 0.278. The molecule has 0 aliphatic heterocycles. The van der Waals surface area contributed by atoms with Gasteiger partial charge in [-0.25, -0.2) is 9.18 Å². The lowest BCUT2D eigenvalue weighted by Crippen LogP contribution is -2.42. The minimum atomic E-state index is -0.629. The molecule has 2 heterocycles. The summed E-state index contributed by atoms with van der Waals surface area (Å²) in [6.45, 7) is 2.06. The molecule has 0 aliphatic rings. The lowest BCUT2D eigenvalue weighted by molar-refractivity contribution is -0.121. The zero-order chi connectivity index (χ0) is 18.7. The number of nitrogens with zero attached hydrogens (tertiary/aromatic N) is 2. The van der Waals surface area contributed by atoms with Gasteiger partial charge in [-0.1, -0.05) is 25.1 Å². The number of rotatable bonds is 6. The summed E-state index contributed by atoms with van der Waals surface area (Å²) in [5, 5.41) is 4.41. The molecule has 6 nitrogen and oxygen atoms in total. The molecule has 2 aromatic heterocycles. The van der Waals surface area contributed by atoms with Crippen LogP contribution in [0.2, 0.25) is 0 Å². The number of hydrogen-bond acceptors (Lipinski definition) is 4. The van der Waals surface area contributed by atoms with Crippen molar-refractivity contribution < 1.29 is 9.18 Å². The molecule has 0 spiro atoms. The van der Waals surface area contributed by atoms with Crippen molar-refractivity contribution in [2.45, 2.75) is 26.4 Å². The van der Waals surface area contributed by atoms with Crippen LogP contribution in [-0.2, 0) is 17.9 Å². The van der Waals surface area contributed by atoms with Crippen LogP contribution in [0.1, 0.15) is 18.9 Å². The Morgan fingerprint density at radius 2 is 1.96 bits per heavy atom. The Bertz CT molecular complexity index is 1070. The summed E-state index contributed by atoms with van der Waals surface area (Å²) in [7, 11) is 0. The predicted molar refractivity (Wildman–Crippen MR) is 99.1 cm³/mol. The zero-order valence-electron chi connectivity index (χ0n) is 14.2. The van der Waals surface area contributed by atoms with Gasteiger partial charge in [0.05, 0.1) is 12.1 Å². The molecule has 0 saturated heterocycles. The van der Waals surface area contributed by atoms with E-state index in [1.54, 1.807) is 23.6 Å². The summed E-state index contributed by atoms with van der Waals surface area (Å²) in [5.74, 6) is -0.796. The maximum absolute atomic E-state index is 14.0. The maximum Gasteiger partial charge on any atom is 0.332 e. The van der Waals surface area contributed by atoms with Crippen LogP contribution in [0.4, 0.5) is 4.39 Å². The molecule has 3 aromatic rings. The van der Waals surface area contributed by atoms with Crippen molar-refractivity contribution in [3.63, 3.8) is 0 Å². The highest BCUT2D eigenvalue weighted by Crippen LogP contribution is 2.16. The van der Waals surface area contributed by atoms with E-state index in [1.165, 1.54) is 28.0 Å². The third kappa shape index (κ3) is 3.45. The number of halogens is 1. The molecule has 0 aliphatic carbocycles. The Labute approximate surface area is 152 Å². The molecule has 3 rings (SSSR count). The minimum absolute atomic E-state index is 0.186. The average molecular weight is 375 g/mol. The smallest absolute Gasteiger partial charge is 0.332 e. The number of nitrogens with one attached hydrogen (secondary N) is 1. The molecule has 0 unspecified atom stereocenters. The van der Waals surface area contributed by atoms with Gasteiger partial charge in [0, 0.05) is 12.1 Å². The fourth-order valence-electron chi connectivity index (χ4n) is 2.69. The van der Waals surface area contributed by atoms with Crippen molar-refractivity contribution in [1.82, 2.24) is 14.5 Å². The van der Waals surface area contributed by atoms with Gasteiger partial charge in [0.25, 0.3) is 5.56 Å². The average Bonchev–Trinajstić information content (AvgIpc) is 3.12. The van der Waals surface area contributed by atoms with E-state index in [0.717, 1.165) is 11.0 Å². The highest BCUT2D eigenvalue weighted by molar-refractivity contribution is 7.17. The van der Waals surface area contributed by atoms with Gasteiger partial charge in [0.2, 0.25) is 5.91 Å². The molecule has 1 aromatic carbocycles. The van der Waals surface area contributed by atoms with Crippen LogP contribution < -0.4 is 16.6 Å². The van der Waals surface area contributed by atoms with Gasteiger partial charge in [-0.15, -0.1) is 11.3 Å². The summed E-state index contributed by atoms with van der Waals surface area (Å²) in [5.41, 5.74) is -0.449. The van der Waals surface area contributed by atoms with Gasteiger partial charge in [-0.05, 0) is 23.9 Å². The van der Waals surface area contributed by atoms with Crippen molar-refractivity contribution >= 4 is 27.5 Å². The largest absolute Gasteiger partial charge is 0.355 e. The first-order chi connectivity index (χ1) is 12.5.